The largest absolute Gasteiger partial charge is 0.134 e. The van der Waals surface area contributed by atoms with E-state index in [4.69, 9.17) is 0 Å². The summed E-state index contributed by atoms with van der Waals surface area (Å²) in [6.45, 7) is 0. The van der Waals surface area contributed by atoms with E-state index in [0.717, 1.165) is 0 Å². The highest BCUT2D eigenvalue weighted by molar-refractivity contribution is 7.33. The average Bonchev–Trinajstić information content (AvgIpc) is 3.74. The van der Waals surface area contributed by atoms with Gasteiger partial charge in [-0.2, -0.15) is 0 Å². The van der Waals surface area contributed by atoms with Crippen LogP contribution in [0.3, 0.4) is 0 Å². The van der Waals surface area contributed by atoms with Crippen LogP contribution < -0.4 is 0 Å². The van der Waals surface area contributed by atoms with E-state index in [1.807, 2.05) is 22.7 Å². The molecule has 10 rings (SSSR count). The minimum absolute atomic E-state index is 1.24. The third-order valence-electron chi connectivity index (χ3n) is 9.71. The van der Waals surface area contributed by atoms with E-state index in [9.17, 15) is 0 Å². The fourth-order valence-electron chi connectivity index (χ4n) is 7.31. The summed E-state index contributed by atoms with van der Waals surface area (Å²) >= 11 is 3.87. The van der Waals surface area contributed by atoms with Crippen LogP contribution >= 0.6 is 22.7 Å². The molecule has 0 aliphatic carbocycles. The van der Waals surface area contributed by atoms with Crippen LogP contribution in [0.4, 0.5) is 0 Å². The maximum absolute atomic E-state index is 2.43. The molecule has 0 spiro atoms. The Morgan fingerprint density at radius 1 is 0.271 bits per heavy atom. The minimum Gasteiger partial charge on any atom is -0.134 e. The smallest absolute Gasteiger partial charge is 0.0534 e. The van der Waals surface area contributed by atoms with Crippen molar-refractivity contribution in [1.29, 1.82) is 0 Å². The first-order chi connectivity index (χ1) is 23.8. The van der Waals surface area contributed by atoms with E-state index in [1.165, 1.54) is 95.6 Å². The number of thiophene rings is 2. The zero-order chi connectivity index (χ0) is 31.6. The number of rotatable bonds is 4. The Labute approximate surface area is 286 Å². The number of fused-ring (bicyclic) bond motifs is 9. The Morgan fingerprint density at radius 3 is 1.40 bits per heavy atom. The van der Waals surface area contributed by atoms with Crippen LogP contribution in [0.2, 0.25) is 0 Å². The van der Waals surface area contributed by atoms with Crippen LogP contribution in [0.15, 0.2) is 170 Å². The Balaban J connectivity index is 1.10. The number of hydrogen-bond acceptors (Lipinski definition) is 2. The second-order valence-electron chi connectivity index (χ2n) is 12.5. The number of hydrogen-bond donors (Lipinski definition) is 0. The van der Waals surface area contributed by atoms with E-state index in [1.54, 1.807) is 0 Å². The summed E-state index contributed by atoms with van der Waals surface area (Å²) in [4.78, 5) is 0. The van der Waals surface area contributed by atoms with Crippen LogP contribution in [0.25, 0.3) is 95.6 Å². The highest BCUT2D eigenvalue weighted by Gasteiger charge is 2.17. The van der Waals surface area contributed by atoms with Crippen molar-refractivity contribution in [3.05, 3.63) is 170 Å². The molecule has 8 aromatic carbocycles. The molecule has 0 saturated carbocycles. The van der Waals surface area contributed by atoms with Crippen molar-refractivity contribution >= 4 is 73.8 Å². The molecule has 10 aromatic rings. The molecular formula is C46H28S2. The molecule has 2 heterocycles. The predicted octanol–water partition coefficient (Wildman–Crippen LogP) is 14.2. The Hall–Kier alpha value is -5.54. The van der Waals surface area contributed by atoms with Gasteiger partial charge in [0.2, 0.25) is 0 Å². The molecule has 0 amide bonds. The molecule has 2 heteroatoms. The van der Waals surface area contributed by atoms with Crippen molar-refractivity contribution in [2.45, 2.75) is 0 Å². The minimum atomic E-state index is 1.24. The lowest BCUT2D eigenvalue weighted by Crippen LogP contribution is -1.84. The summed E-state index contributed by atoms with van der Waals surface area (Å²) in [5, 5.41) is 8.03. The zero-order valence-corrected chi connectivity index (χ0v) is 27.6. The van der Waals surface area contributed by atoms with Crippen molar-refractivity contribution in [3.63, 3.8) is 0 Å². The lowest BCUT2D eigenvalue weighted by molar-refractivity contribution is 1.60. The third kappa shape index (κ3) is 4.41. The van der Waals surface area contributed by atoms with Crippen molar-refractivity contribution in [1.82, 2.24) is 0 Å². The zero-order valence-electron chi connectivity index (χ0n) is 26.0. The Morgan fingerprint density at radius 2 is 0.729 bits per heavy atom. The maximum Gasteiger partial charge on any atom is 0.0534 e. The van der Waals surface area contributed by atoms with Crippen molar-refractivity contribution in [2.24, 2.45) is 0 Å². The monoisotopic (exact) mass is 644 g/mol. The lowest BCUT2D eigenvalue weighted by atomic mass is 9.94. The second kappa shape index (κ2) is 11.0. The standard InChI is InChI=1S/C46H28S2/c1-3-9-29(10-4-1)31-15-17-33(18-16-31)35-23-24-37-39-25-26-40-44-38-14-8-7-13-36(38)41(28-43(44)48-46(40)45(39)47-42(37)27-35)34-21-19-32(20-22-34)30-11-5-2-6-12-30/h1-28H. The van der Waals surface area contributed by atoms with E-state index < -0.39 is 0 Å². The molecule has 0 fully saturated rings. The highest BCUT2D eigenvalue weighted by Crippen LogP contribution is 2.48. The molecule has 0 atom stereocenters. The molecule has 0 nitrogen and oxygen atoms in total. The van der Waals surface area contributed by atoms with Gasteiger partial charge in [0.1, 0.15) is 0 Å². The molecule has 48 heavy (non-hydrogen) atoms. The van der Waals surface area contributed by atoms with Gasteiger partial charge in [0, 0.05) is 30.9 Å². The molecule has 0 radical (unpaired) electrons. The van der Waals surface area contributed by atoms with Gasteiger partial charge < -0.3 is 0 Å². The molecule has 0 aliphatic rings. The quantitative estimate of drug-likeness (QED) is 0.179. The first-order valence-electron chi connectivity index (χ1n) is 16.3. The molecule has 224 valence electrons. The average molecular weight is 645 g/mol. The molecular weight excluding hydrogens is 617 g/mol. The highest BCUT2D eigenvalue weighted by atomic mass is 32.1. The summed E-state index contributed by atoms with van der Waals surface area (Å²) < 4.78 is 5.45. The van der Waals surface area contributed by atoms with Gasteiger partial charge in [0.15, 0.2) is 0 Å². The summed E-state index contributed by atoms with van der Waals surface area (Å²) in [5.74, 6) is 0. The van der Waals surface area contributed by atoms with Crippen LogP contribution in [0.1, 0.15) is 0 Å². The normalized spacial score (nSPS) is 11.8. The Bertz CT molecular complexity index is 2780. The van der Waals surface area contributed by atoms with Gasteiger partial charge in [-0.1, -0.05) is 158 Å². The van der Waals surface area contributed by atoms with Crippen LogP contribution in [0.5, 0.6) is 0 Å². The van der Waals surface area contributed by atoms with Crippen molar-refractivity contribution < 1.29 is 0 Å². The van der Waals surface area contributed by atoms with Gasteiger partial charge >= 0.3 is 0 Å². The summed E-state index contributed by atoms with van der Waals surface area (Å²) in [6.07, 6.45) is 0. The number of benzene rings is 8. The molecule has 0 bridgehead atoms. The van der Waals surface area contributed by atoms with Crippen LogP contribution in [-0.2, 0) is 0 Å². The topological polar surface area (TPSA) is 0 Å². The Kier molecular flexibility index (Phi) is 6.33. The molecule has 0 saturated heterocycles. The first kappa shape index (κ1) is 27.6. The molecule has 0 N–H and O–H groups in total. The van der Waals surface area contributed by atoms with Gasteiger partial charge in [0.25, 0.3) is 0 Å². The molecule has 2 aromatic heterocycles. The summed E-state index contributed by atoms with van der Waals surface area (Å²) in [6, 6.07) is 62.3. The van der Waals surface area contributed by atoms with Gasteiger partial charge in [-0.3, -0.25) is 0 Å². The van der Waals surface area contributed by atoms with E-state index >= 15 is 0 Å². The second-order valence-corrected chi connectivity index (χ2v) is 14.6. The van der Waals surface area contributed by atoms with Gasteiger partial charge in [-0.15, -0.1) is 22.7 Å². The van der Waals surface area contributed by atoms with Gasteiger partial charge in [-0.25, -0.2) is 0 Å². The molecule has 0 unspecified atom stereocenters. The summed E-state index contributed by atoms with van der Waals surface area (Å²) in [5.41, 5.74) is 10.0. The fraction of sp³-hybridized carbons (Fsp3) is 0. The van der Waals surface area contributed by atoms with Gasteiger partial charge in [-0.05, 0) is 67.4 Å². The van der Waals surface area contributed by atoms with Crippen LogP contribution in [-0.4, -0.2) is 0 Å². The van der Waals surface area contributed by atoms with E-state index in [-0.39, 0.29) is 0 Å². The van der Waals surface area contributed by atoms with Crippen molar-refractivity contribution in [3.8, 4) is 44.5 Å². The van der Waals surface area contributed by atoms with E-state index in [2.05, 4.69) is 170 Å². The van der Waals surface area contributed by atoms with Gasteiger partial charge in [0.05, 0.1) is 9.40 Å². The maximum atomic E-state index is 2.43. The molecule has 0 aliphatic heterocycles. The third-order valence-corrected chi connectivity index (χ3v) is 12.2. The van der Waals surface area contributed by atoms with Crippen molar-refractivity contribution in [2.75, 3.05) is 0 Å². The lowest BCUT2D eigenvalue weighted by Gasteiger charge is -2.10. The fourth-order valence-corrected chi connectivity index (χ4v) is 9.94. The SMILES string of the molecule is c1ccc(-c2ccc(-c3ccc4c(c3)sc3c4ccc4c3sc3cc(-c5ccc(-c6ccccc6)cc5)c5ccccc5c34)cc2)cc1. The van der Waals surface area contributed by atoms with E-state index in [0.29, 0.717) is 0 Å². The first-order valence-corrected chi connectivity index (χ1v) is 18.0. The predicted molar refractivity (Wildman–Crippen MR) is 211 cm³/mol. The van der Waals surface area contributed by atoms with Crippen LogP contribution in [0, 0.1) is 0 Å². The summed E-state index contributed by atoms with van der Waals surface area (Å²) in [7, 11) is 0.